The molecular formula is C11H14O3. The van der Waals surface area contributed by atoms with Gasteiger partial charge in [0, 0.05) is 0 Å². The van der Waals surface area contributed by atoms with E-state index in [1.165, 1.54) is 7.11 Å². The molecule has 76 valence electrons. The lowest BCUT2D eigenvalue weighted by molar-refractivity contribution is -0.142. The summed E-state index contributed by atoms with van der Waals surface area (Å²) in [6.07, 6.45) is 0. The molecule has 0 N–H and O–H groups in total. The van der Waals surface area contributed by atoms with E-state index in [4.69, 9.17) is 4.74 Å². The molecule has 0 unspecified atom stereocenters. The van der Waals surface area contributed by atoms with Gasteiger partial charge in [0.2, 0.25) is 0 Å². The maximum atomic E-state index is 10.8. The van der Waals surface area contributed by atoms with Gasteiger partial charge in [-0.05, 0) is 37.1 Å². The summed E-state index contributed by atoms with van der Waals surface area (Å²) in [5, 5.41) is 0. The highest BCUT2D eigenvalue weighted by Crippen LogP contribution is 2.15. The summed E-state index contributed by atoms with van der Waals surface area (Å²) in [6.45, 7) is 3.93. The zero-order chi connectivity index (χ0) is 10.6. The number of carbonyl (C=O) groups is 1. The van der Waals surface area contributed by atoms with Crippen molar-refractivity contribution in [2.45, 2.75) is 13.8 Å². The van der Waals surface area contributed by atoms with Crippen LogP contribution >= 0.6 is 0 Å². The summed E-state index contributed by atoms with van der Waals surface area (Å²) >= 11 is 0. The number of rotatable bonds is 3. The molecule has 0 amide bonds. The normalized spacial score (nSPS) is 9.64. The van der Waals surface area contributed by atoms with Gasteiger partial charge in [-0.3, -0.25) is 0 Å². The molecule has 0 heterocycles. The fourth-order valence-electron chi connectivity index (χ4n) is 1.22. The van der Waals surface area contributed by atoms with Crippen LogP contribution in [0.3, 0.4) is 0 Å². The Labute approximate surface area is 83.6 Å². The topological polar surface area (TPSA) is 35.5 Å². The molecule has 0 fully saturated rings. The summed E-state index contributed by atoms with van der Waals surface area (Å²) in [6, 6.07) is 5.82. The lowest BCUT2D eigenvalue weighted by atomic mass is 10.1. The molecule has 0 bridgehead atoms. The van der Waals surface area contributed by atoms with Crippen molar-refractivity contribution in [3.8, 4) is 5.75 Å². The number of ether oxygens (including phenoxy) is 2. The Hall–Kier alpha value is -1.51. The fraction of sp³-hybridized carbons (Fsp3) is 0.364. The number of methoxy groups -OCH3 is 1. The van der Waals surface area contributed by atoms with Crippen LogP contribution in [0.15, 0.2) is 18.2 Å². The number of carbonyl (C=O) groups excluding carboxylic acids is 1. The fourth-order valence-corrected chi connectivity index (χ4v) is 1.22. The predicted molar refractivity (Wildman–Crippen MR) is 53.4 cm³/mol. The molecule has 0 aromatic heterocycles. The van der Waals surface area contributed by atoms with Gasteiger partial charge in [-0.2, -0.15) is 0 Å². The molecule has 1 rings (SSSR count). The minimum Gasteiger partial charge on any atom is -0.482 e. The van der Waals surface area contributed by atoms with Crippen LogP contribution in [0, 0.1) is 13.8 Å². The van der Waals surface area contributed by atoms with Gasteiger partial charge in [-0.25, -0.2) is 4.79 Å². The molecule has 0 aliphatic heterocycles. The van der Waals surface area contributed by atoms with Crippen molar-refractivity contribution in [3.05, 3.63) is 29.3 Å². The van der Waals surface area contributed by atoms with Gasteiger partial charge >= 0.3 is 5.97 Å². The molecule has 0 aliphatic rings. The van der Waals surface area contributed by atoms with E-state index in [9.17, 15) is 4.79 Å². The Bertz CT molecular complexity index is 311. The van der Waals surface area contributed by atoms with Gasteiger partial charge in [0.1, 0.15) is 5.75 Å². The molecular weight excluding hydrogens is 180 g/mol. The first-order valence-electron chi connectivity index (χ1n) is 4.39. The van der Waals surface area contributed by atoms with E-state index in [-0.39, 0.29) is 12.6 Å². The first-order valence-corrected chi connectivity index (χ1v) is 4.39. The van der Waals surface area contributed by atoms with E-state index in [0.29, 0.717) is 5.75 Å². The van der Waals surface area contributed by atoms with Crippen LogP contribution in [0.5, 0.6) is 5.75 Å². The second-order valence-electron chi connectivity index (χ2n) is 3.19. The highest BCUT2D eigenvalue weighted by Gasteiger charge is 2.02. The van der Waals surface area contributed by atoms with Gasteiger partial charge in [0.05, 0.1) is 7.11 Å². The summed E-state index contributed by atoms with van der Waals surface area (Å²) in [5.41, 5.74) is 2.23. The second kappa shape index (κ2) is 4.65. The Kier molecular flexibility index (Phi) is 3.51. The Morgan fingerprint density at radius 3 is 2.29 bits per heavy atom. The number of hydrogen-bond acceptors (Lipinski definition) is 3. The smallest absolute Gasteiger partial charge is 0.343 e. The van der Waals surface area contributed by atoms with Crippen LogP contribution in [0.25, 0.3) is 0 Å². The molecule has 1 aromatic carbocycles. The lowest BCUT2D eigenvalue weighted by Gasteiger charge is -2.06. The SMILES string of the molecule is COC(=O)COc1cc(C)cc(C)c1. The minimum atomic E-state index is -0.371. The molecule has 0 atom stereocenters. The molecule has 14 heavy (non-hydrogen) atoms. The number of esters is 1. The standard InChI is InChI=1S/C11H14O3/c1-8-4-9(2)6-10(5-8)14-7-11(12)13-3/h4-6H,7H2,1-3H3. The Morgan fingerprint density at radius 2 is 1.79 bits per heavy atom. The maximum Gasteiger partial charge on any atom is 0.343 e. The quantitative estimate of drug-likeness (QED) is 0.689. The zero-order valence-corrected chi connectivity index (χ0v) is 8.66. The molecule has 0 saturated carbocycles. The van der Waals surface area contributed by atoms with Crippen LogP contribution in [-0.2, 0) is 9.53 Å². The summed E-state index contributed by atoms with van der Waals surface area (Å²) in [4.78, 5) is 10.8. The molecule has 1 aromatic rings. The highest BCUT2D eigenvalue weighted by molar-refractivity contribution is 5.70. The average molecular weight is 194 g/mol. The lowest BCUT2D eigenvalue weighted by Crippen LogP contribution is -2.12. The van der Waals surface area contributed by atoms with Crippen LogP contribution in [-0.4, -0.2) is 19.7 Å². The monoisotopic (exact) mass is 194 g/mol. The highest BCUT2D eigenvalue weighted by atomic mass is 16.6. The van der Waals surface area contributed by atoms with Gasteiger partial charge in [0.25, 0.3) is 0 Å². The first kappa shape index (κ1) is 10.6. The number of benzene rings is 1. The van der Waals surface area contributed by atoms with Crippen LogP contribution < -0.4 is 4.74 Å². The minimum absolute atomic E-state index is 0.0423. The largest absolute Gasteiger partial charge is 0.482 e. The molecule has 3 nitrogen and oxygen atoms in total. The second-order valence-corrected chi connectivity index (χ2v) is 3.19. The third-order valence-electron chi connectivity index (χ3n) is 1.78. The van der Waals surface area contributed by atoms with Crippen molar-refractivity contribution in [2.75, 3.05) is 13.7 Å². The van der Waals surface area contributed by atoms with E-state index in [1.807, 2.05) is 32.0 Å². The molecule has 0 aliphatic carbocycles. The van der Waals surface area contributed by atoms with Gasteiger partial charge in [-0.1, -0.05) is 6.07 Å². The van der Waals surface area contributed by atoms with E-state index < -0.39 is 0 Å². The van der Waals surface area contributed by atoms with E-state index in [0.717, 1.165) is 11.1 Å². The number of hydrogen-bond donors (Lipinski definition) is 0. The third kappa shape index (κ3) is 3.09. The van der Waals surface area contributed by atoms with E-state index in [2.05, 4.69) is 4.74 Å². The Morgan fingerprint density at radius 1 is 1.21 bits per heavy atom. The first-order chi connectivity index (χ1) is 6.61. The van der Waals surface area contributed by atoms with Gasteiger partial charge in [-0.15, -0.1) is 0 Å². The van der Waals surface area contributed by atoms with Crippen LogP contribution in [0.1, 0.15) is 11.1 Å². The van der Waals surface area contributed by atoms with Crippen molar-refractivity contribution in [1.82, 2.24) is 0 Å². The van der Waals surface area contributed by atoms with E-state index in [1.54, 1.807) is 0 Å². The van der Waals surface area contributed by atoms with Gasteiger partial charge in [0.15, 0.2) is 6.61 Å². The van der Waals surface area contributed by atoms with Crippen LogP contribution in [0.2, 0.25) is 0 Å². The average Bonchev–Trinajstić information content (AvgIpc) is 2.12. The van der Waals surface area contributed by atoms with Crippen molar-refractivity contribution in [3.63, 3.8) is 0 Å². The van der Waals surface area contributed by atoms with Crippen molar-refractivity contribution in [2.24, 2.45) is 0 Å². The van der Waals surface area contributed by atoms with Crippen molar-refractivity contribution in [1.29, 1.82) is 0 Å². The molecule has 3 heteroatoms. The summed E-state index contributed by atoms with van der Waals surface area (Å²) in [7, 11) is 1.34. The van der Waals surface area contributed by atoms with Crippen LogP contribution in [0.4, 0.5) is 0 Å². The van der Waals surface area contributed by atoms with Gasteiger partial charge < -0.3 is 9.47 Å². The van der Waals surface area contributed by atoms with Crippen molar-refractivity contribution >= 4 is 5.97 Å². The summed E-state index contributed by atoms with van der Waals surface area (Å²) < 4.78 is 9.71. The third-order valence-corrected chi connectivity index (χ3v) is 1.78. The number of aryl methyl sites for hydroxylation is 2. The molecule has 0 spiro atoms. The Balaban J connectivity index is 2.63. The van der Waals surface area contributed by atoms with Crippen molar-refractivity contribution < 1.29 is 14.3 Å². The van der Waals surface area contributed by atoms with E-state index >= 15 is 0 Å². The zero-order valence-electron chi connectivity index (χ0n) is 8.66. The summed E-state index contributed by atoms with van der Waals surface area (Å²) in [5.74, 6) is 0.331. The molecule has 0 saturated heterocycles. The maximum absolute atomic E-state index is 10.8. The predicted octanol–water partition coefficient (Wildman–Crippen LogP) is 1.86. The molecule has 0 radical (unpaired) electrons.